The van der Waals surface area contributed by atoms with Crippen molar-refractivity contribution in [1.82, 2.24) is 10.2 Å². The third-order valence-electron chi connectivity index (χ3n) is 5.75. The van der Waals surface area contributed by atoms with E-state index in [0.717, 1.165) is 32.4 Å². The number of rotatable bonds is 3. The molecular weight excluding hydrogens is 304 g/mol. The molecule has 3 nitrogen and oxygen atoms in total. The molecule has 4 rings (SSSR count). The highest BCUT2D eigenvalue weighted by Gasteiger charge is 2.49. The first-order chi connectivity index (χ1) is 11.3. The summed E-state index contributed by atoms with van der Waals surface area (Å²) < 4.78 is -0.216. The molecule has 2 atom stereocenters. The fraction of sp³-hybridized carbons (Fsp3) is 0.632. The summed E-state index contributed by atoms with van der Waals surface area (Å²) in [5.74, 6) is 0.431. The zero-order valence-electron chi connectivity index (χ0n) is 13.7. The molecule has 1 saturated carbocycles. The molecule has 1 aliphatic carbocycles. The minimum atomic E-state index is -0.216. The van der Waals surface area contributed by atoms with Gasteiger partial charge in [-0.15, -0.1) is 11.8 Å². The number of carbonyl (C=O) groups excluding carboxylic acids is 1. The molecular formula is C19H26N2OS. The quantitative estimate of drug-likeness (QED) is 0.921. The maximum Gasteiger partial charge on any atom is 0.239 e. The van der Waals surface area contributed by atoms with Gasteiger partial charge in [0.05, 0.1) is 4.75 Å². The normalized spacial score (nSPS) is 29.5. The Kier molecular flexibility index (Phi) is 4.37. The van der Waals surface area contributed by atoms with Crippen LogP contribution in [-0.4, -0.2) is 40.7 Å². The average Bonchev–Trinajstić information content (AvgIpc) is 3.12. The fourth-order valence-corrected chi connectivity index (χ4v) is 6.00. The Morgan fingerprint density at radius 1 is 1.09 bits per heavy atom. The molecule has 2 heterocycles. The number of amides is 1. The second-order valence-electron chi connectivity index (χ2n) is 7.21. The average molecular weight is 330 g/mol. The summed E-state index contributed by atoms with van der Waals surface area (Å²) in [5.41, 5.74) is 0. The van der Waals surface area contributed by atoms with Crippen molar-refractivity contribution >= 4 is 17.7 Å². The summed E-state index contributed by atoms with van der Waals surface area (Å²) in [4.78, 5) is 17.1. The molecule has 4 heteroatoms. The smallest absolute Gasteiger partial charge is 0.239 e. The van der Waals surface area contributed by atoms with Gasteiger partial charge in [-0.1, -0.05) is 31.0 Å². The van der Waals surface area contributed by atoms with Crippen LogP contribution in [0.25, 0.3) is 0 Å². The molecule has 2 bridgehead atoms. The lowest BCUT2D eigenvalue weighted by molar-refractivity contribution is -0.136. The van der Waals surface area contributed by atoms with Gasteiger partial charge < -0.3 is 10.2 Å². The Labute approximate surface area is 143 Å². The summed E-state index contributed by atoms with van der Waals surface area (Å²) in [6, 6.07) is 11.4. The van der Waals surface area contributed by atoms with Crippen LogP contribution < -0.4 is 5.32 Å². The summed E-state index contributed by atoms with van der Waals surface area (Å²) in [7, 11) is 0. The van der Waals surface area contributed by atoms with Gasteiger partial charge in [0.2, 0.25) is 5.91 Å². The maximum absolute atomic E-state index is 13.6. The minimum Gasteiger partial charge on any atom is -0.334 e. The van der Waals surface area contributed by atoms with Crippen LogP contribution in [0.1, 0.15) is 44.9 Å². The molecule has 1 aromatic carbocycles. The lowest BCUT2D eigenvalue weighted by Crippen LogP contribution is -2.51. The van der Waals surface area contributed by atoms with E-state index >= 15 is 0 Å². The van der Waals surface area contributed by atoms with Crippen LogP contribution in [0.5, 0.6) is 0 Å². The van der Waals surface area contributed by atoms with Gasteiger partial charge in [0.1, 0.15) is 0 Å². The lowest BCUT2D eigenvalue weighted by atomic mass is 10.0. The second-order valence-corrected chi connectivity index (χ2v) is 8.66. The summed E-state index contributed by atoms with van der Waals surface area (Å²) in [5, 5.41) is 3.52. The van der Waals surface area contributed by atoms with Crippen molar-refractivity contribution in [3.63, 3.8) is 0 Å². The SMILES string of the molecule is O=C(N1C2CCNCC1CC2)C1(Sc2ccccc2)CCCC1. The molecule has 2 saturated heterocycles. The van der Waals surface area contributed by atoms with Gasteiger partial charge in [-0.25, -0.2) is 0 Å². The van der Waals surface area contributed by atoms with Gasteiger partial charge in [0.15, 0.2) is 0 Å². The van der Waals surface area contributed by atoms with Crippen molar-refractivity contribution in [3.8, 4) is 0 Å². The molecule has 2 unspecified atom stereocenters. The van der Waals surface area contributed by atoms with Crippen molar-refractivity contribution in [2.45, 2.75) is 66.7 Å². The number of hydrogen-bond acceptors (Lipinski definition) is 3. The van der Waals surface area contributed by atoms with Crippen LogP contribution in [0, 0.1) is 0 Å². The Morgan fingerprint density at radius 2 is 1.83 bits per heavy atom. The van der Waals surface area contributed by atoms with E-state index in [2.05, 4.69) is 34.5 Å². The van der Waals surface area contributed by atoms with E-state index in [1.807, 2.05) is 17.8 Å². The molecule has 3 aliphatic rings. The maximum atomic E-state index is 13.6. The van der Waals surface area contributed by atoms with Gasteiger partial charge in [-0.2, -0.15) is 0 Å². The van der Waals surface area contributed by atoms with Gasteiger partial charge >= 0.3 is 0 Å². The van der Waals surface area contributed by atoms with Crippen LogP contribution in [0.2, 0.25) is 0 Å². The first-order valence-corrected chi connectivity index (χ1v) is 9.88. The zero-order chi connectivity index (χ0) is 15.7. The van der Waals surface area contributed by atoms with Crippen molar-refractivity contribution in [2.75, 3.05) is 13.1 Å². The molecule has 1 N–H and O–H groups in total. The predicted octanol–water partition coefficient (Wildman–Crippen LogP) is 3.44. The van der Waals surface area contributed by atoms with E-state index in [9.17, 15) is 4.79 Å². The summed E-state index contributed by atoms with van der Waals surface area (Å²) >= 11 is 1.83. The number of benzene rings is 1. The Balaban J connectivity index is 1.60. The highest BCUT2D eigenvalue weighted by atomic mass is 32.2. The van der Waals surface area contributed by atoms with Crippen molar-refractivity contribution in [2.24, 2.45) is 0 Å². The number of fused-ring (bicyclic) bond motifs is 2. The van der Waals surface area contributed by atoms with Gasteiger partial charge in [-0.05, 0) is 50.8 Å². The molecule has 23 heavy (non-hydrogen) atoms. The molecule has 124 valence electrons. The number of hydrogen-bond donors (Lipinski definition) is 1. The van der Waals surface area contributed by atoms with Crippen LogP contribution in [0.3, 0.4) is 0 Å². The number of thioether (sulfide) groups is 1. The number of nitrogens with one attached hydrogen (secondary N) is 1. The van der Waals surface area contributed by atoms with Gasteiger partial charge in [0, 0.05) is 23.5 Å². The minimum absolute atomic E-state index is 0.216. The molecule has 0 spiro atoms. The molecule has 2 aliphatic heterocycles. The van der Waals surface area contributed by atoms with E-state index in [-0.39, 0.29) is 4.75 Å². The van der Waals surface area contributed by atoms with E-state index in [4.69, 9.17) is 0 Å². The second kappa shape index (κ2) is 6.48. The van der Waals surface area contributed by atoms with Crippen molar-refractivity contribution in [3.05, 3.63) is 30.3 Å². The lowest BCUT2D eigenvalue weighted by Gasteiger charge is -2.37. The third-order valence-corrected chi connectivity index (χ3v) is 7.23. The standard InChI is InChI=1S/C19H26N2OS/c22-18(21-15-8-9-16(21)14-20-13-10-15)19(11-4-5-12-19)23-17-6-2-1-3-7-17/h1-3,6-7,15-16,20H,4-5,8-14H2. The van der Waals surface area contributed by atoms with Gasteiger partial charge in [-0.3, -0.25) is 4.79 Å². The Hall–Kier alpha value is -1.00. The van der Waals surface area contributed by atoms with Crippen LogP contribution >= 0.6 is 11.8 Å². The number of carbonyl (C=O) groups is 1. The zero-order valence-corrected chi connectivity index (χ0v) is 14.5. The van der Waals surface area contributed by atoms with E-state index in [1.165, 1.54) is 30.6 Å². The van der Waals surface area contributed by atoms with Crippen LogP contribution in [0.15, 0.2) is 35.2 Å². The van der Waals surface area contributed by atoms with Gasteiger partial charge in [0.25, 0.3) is 0 Å². The highest BCUT2D eigenvalue weighted by Crippen LogP contribution is 2.48. The predicted molar refractivity (Wildman–Crippen MR) is 94.6 cm³/mol. The molecule has 1 amide bonds. The molecule has 0 radical (unpaired) electrons. The number of nitrogens with zero attached hydrogens (tertiary/aromatic N) is 1. The summed E-state index contributed by atoms with van der Waals surface area (Å²) in [6.07, 6.45) is 7.94. The van der Waals surface area contributed by atoms with E-state index in [0.29, 0.717) is 18.0 Å². The monoisotopic (exact) mass is 330 g/mol. The largest absolute Gasteiger partial charge is 0.334 e. The topological polar surface area (TPSA) is 32.3 Å². The first-order valence-electron chi connectivity index (χ1n) is 9.06. The third kappa shape index (κ3) is 2.91. The Bertz CT molecular complexity index is 542. The van der Waals surface area contributed by atoms with E-state index < -0.39 is 0 Å². The van der Waals surface area contributed by atoms with E-state index in [1.54, 1.807) is 0 Å². The first kappa shape index (κ1) is 15.5. The van der Waals surface area contributed by atoms with Crippen LogP contribution in [-0.2, 0) is 4.79 Å². The molecule has 0 aromatic heterocycles. The summed E-state index contributed by atoms with van der Waals surface area (Å²) in [6.45, 7) is 2.04. The molecule has 1 aromatic rings. The van der Waals surface area contributed by atoms with Crippen molar-refractivity contribution in [1.29, 1.82) is 0 Å². The highest BCUT2D eigenvalue weighted by molar-refractivity contribution is 8.01. The van der Waals surface area contributed by atoms with Crippen molar-refractivity contribution < 1.29 is 4.79 Å². The fourth-order valence-electron chi connectivity index (χ4n) is 4.57. The van der Waals surface area contributed by atoms with Crippen LogP contribution in [0.4, 0.5) is 0 Å². The molecule has 3 fully saturated rings. The Morgan fingerprint density at radius 3 is 2.61 bits per heavy atom.